The van der Waals surface area contributed by atoms with Gasteiger partial charge in [0.15, 0.2) is 0 Å². The van der Waals surface area contributed by atoms with Gasteiger partial charge in [0.25, 0.3) is 17.7 Å². The molecule has 760 valence electrons. The van der Waals surface area contributed by atoms with Crippen molar-refractivity contribution in [3.8, 4) is 0 Å². The van der Waals surface area contributed by atoms with Crippen LogP contribution in [0, 0.1) is 98.1 Å². The summed E-state index contributed by atoms with van der Waals surface area (Å²) in [5.74, 6) is -12.1. The summed E-state index contributed by atoms with van der Waals surface area (Å²) in [6.07, 6.45) is 13.0. The molecular formula is C99H149Cl2N15O21. The lowest BCUT2D eigenvalue weighted by molar-refractivity contribution is -0.161. The first kappa shape index (κ1) is 109. The number of hydrogen-bond donors (Lipinski definition) is 12. The third-order valence-corrected chi connectivity index (χ3v) is 30.2. The summed E-state index contributed by atoms with van der Waals surface area (Å²) in [6.45, 7) is 42.6. The summed E-state index contributed by atoms with van der Waals surface area (Å²) in [6, 6.07) is -6.36. The normalized spacial score (nSPS) is 25.1. The second-order valence-corrected chi connectivity index (χ2v) is 48.1. The maximum Gasteiger partial charge on any atom is 0.329 e. The van der Waals surface area contributed by atoms with Crippen molar-refractivity contribution < 1.29 is 101 Å². The van der Waals surface area contributed by atoms with Gasteiger partial charge in [-0.2, -0.15) is 0 Å². The molecule has 10 fully saturated rings. The highest BCUT2D eigenvalue weighted by Crippen LogP contribution is 2.67. The number of benzene rings is 1. The number of piperidine rings is 3. The van der Waals surface area contributed by atoms with Gasteiger partial charge in [0.05, 0.1) is 18.1 Å². The van der Waals surface area contributed by atoms with Gasteiger partial charge in [-0.15, -0.1) is 23.2 Å². The van der Waals surface area contributed by atoms with Crippen molar-refractivity contribution in [1.82, 2.24) is 62.6 Å². The molecule has 1 aromatic carbocycles. The maximum absolute atomic E-state index is 14.7. The molecule has 12 rings (SSSR count). The number of Topliss-reactive ketones (excluding diaryl/α,β-unsaturated/α-hetero) is 3. The Kier molecular flexibility index (Phi) is 33.6. The maximum atomic E-state index is 14.7. The molecule has 18 atom stereocenters. The molecule has 38 heteroatoms. The Hall–Kier alpha value is -10.0. The van der Waals surface area contributed by atoms with E-state index in [1.807, 2.05) is 58.9 Å². The molecule has 0 radical (unpaired) electrons. The largest absolute Gasteiger partial charge is 0.460 e. The molecule has 3 saturated heterocycles. The lowest BCUT2D eigenvalue weighted by atomic mass is 9.83. The Bertz CT molecular complexity index is 4790. The van der Waals surface area contributed by atoms with Crippen LogP contribution in [0.15, 0.2) is 36.9 Å². The SMILES string of the molecule is C=CCOC(=O)[C@@H](NC(=O)N[C@H](C(=O)N1C[C@H]2[C@@H]([C@H]1C(=O)NC(CC1CC1)C(=O)C(N)=O)C2(C)C)C(C)(C)C)C(C)C.CC(C)(C)OC(=O)[C@@H](NC(=O)N[C@H](C(=O)N1C[C@H]2[C@@H]([C@H]1C(=O)NC(CC1CC1)C(=O)C(N)=O)C2(C)C)C1Cc2ccccc2C1)C(C)(C)C.CC(C)(C)OC(=O)[C@@H](NC(=O)N[C@H](C(=O)N1C[C@H]2[C@@H]([C@H]1C(=O)NC(CC1CC1)C(=O)C(N)=O)C2(Cl)Cl)C1CCCCC1)C(C)(C)C. The van der Waals surface area contributed by atoms with Crippen LogP contribution in [0.4, 0.5) is 14.4 Å². The second kappa shape index (κ2) is 42.2. The average Bonchev–Trinajstić information content (AvgIpc) is 1.53. The number of nitrogens with zero attached hydrogens (tertiary/aromatic N) is 3. The molecule has 0 aromatic heterocycles. The van der Waals surface area contributed by atoms with E-state index in [0.717, 1.165) is 68.9 Å². The number of nitrogens with one attached hydrogen (secondary N) is 9. The zero-order valence-corrected chi connectivity index (χ0v) is 85.0. The lowest BCUT2D eigenvalue weighted by Gasteiger charge is -2.38. The van der Waals surface area contributed by atoms with Crippen molar-refractivity contribution in [1.29, 1.82) is 0 Å². The quantitative estimate of drug-likeness (QED) is 0.0108. The molecule has 0 spiro atoms. The Balaban J connectivity index is 0.000000213. The highest BCUT2D eigenvalue weighted by Gasteiger charge is 2.75. The van der Waals surface area contributed by atoms with Crippen LogP contribution < -0.4 is 65.1 Å². The number of carbonyl (C=O) groups is 18. The van der Waals surface area contributed by atoms with Crippen LogP contribution in [0.1, 0.15) is 246 Å². The van der Waals surface area contributed by atoms with Gasteiger partial charge in [-0.3, -0.25) is 57.5 Å². The number of halogens is 2. The van der Waals surface area contributed by atoms with Crippen LogP contribution in [-0.2, 0) is 99.0 Å². The van der Waals surface area contributed by atoms with Gasteiger partial charge in [-0.05, 0) is 184 Å². The third kappa shape index (κ3) is 27.0. The number of ketones is 3. The Morgan fingerprint density at radius 1 is 0.431 bits per heavy atom. The van der Waals surface area contributed by atoms with Gasteiger partial charge in [-0.1, -0.05) is 199 Å². The van der Waals surface area contributed by atoms with Crippen LogP contribution in [0.5, 0.6) is 0 Å². The summed E-state index contributed by atoms with van der Waals surface area (Å²) >= 11 is 13.1. The van der Waals surface area contributed by atoms with E-state index in [0.29, 0.717) is 51.6 Å². The van der Waals surface area contributed by atoms with Crippen molar-refractivity contribution >= 4 is 130 Å². The van der Waals surface area contributed by atoms with Crippen molar-refractivity contribution in [2.75, 3.05) is 26.2 Å². The summed E-state index contributed by atoms with van der Waals surface area (Å²) in [5, 5.41) is 24.8. The molecule has 137 heavy (non-hydrogen) atoms. The Morgan fingerprint density at radius 3 is 1.09 bits per heavy atom. The lowest BCUT2D eigenvalue weighted by Crippen LogP contribution is -2.62. The second-order valence-electron chi connectivity index (χ2n) is 46.7. The zero-order valence-electron chi connectivity index (χ0n) is 83.5. The van der Waals surface area contributed by atoms with Crippen molar-refractivity contribution in [3.63, 3.8) is 0 Å². The predicted octanol–water partition coefficient (Wildman–Crippen LogP) is 6.89. The number of fused-ring (bicyclic) bond motifs is 4. The first-order valence-electron chi connectivity index (χ1n) is 48.5. The molecule has 1 aromatic rings. The van der Waals surface area contributed by atoms with E-state index in [1.165, 1.54) is 15.9 Å². The van der Waals surface area contributed by atoms with Gasteiger partial charge in [-0.25, -0.2) is 28.8 Å². The van der Waals surface area contributed by atoms with Crippen LogP contribution in [0.2, 0.25) is 0 Å². The van der Waals surface area contributed by atoms with E-state index in [-0.39, 0.29) is 95.5 Å². The van der Waals surface area contributed by atoms with Gasteiger partial charge in [0.2, 0.25) is 52.8 Å². The minimum absolute atomic E-state index is 0.00189. The van der Waals surface area contributed by atoms with E-state index in [1.54, 1.807) is 102 Å². The highest BCUT2D eigenvalue weighted by molar-refractivity contribution is 6.51. The standard InChI is InChI=1S/C37H53N5O7.C32H49Cl2N5O7.C30H47N5O7/c1-35(2,3)29(33(47)49-36(4,5)6)41-34(48)40-26(22-16-20-11-9-10-12-21(20)17-22)32(46)42-18-23-25(37(23,7)8)27(42)31(45)39-24(15-19-13-14-19)28(43)30(38)44;1-30(2,3)24(28(44)46-31(4,5)6)38-29(45)37-21(17-10-8-7-9-11-17)27(43)39-15-18-20(32(18,33)34)22(39)26(42)36-19(14-16-12-13-16)23(40)25(35)41;1-9-12-42-27(40)20(15(2)3)33-28(41)34-23(29(4,5)6)26(39)35-14-17-19(30(17,7)8)21(35)25(38)32-18(13-16-10-11-16)22(36)24(31)37/h9-12,19,22-27,29H,13-18H2,1-8H3,(H2,38,44)(H,39,45)(H2,40,41,48);16-22,24H,7-15H2,1-6H3,(H2,35,41)(H,36,42)(H2,37,38,45);9,15-21,23H,1,10-14H2,2-8H3,(H2,31,37)(H,32,38)(H2,33,34,41)/t23-,24?,25-,26-,27-,29+;18-,19?,20-,21-,22-,24+;17-,18?,19-,20-,21-,23+/m000/s1. The summed E-state index contributed by atoms with van der Waals surface area (Å²) in [4.78, 5) is 242. The van der Waals surface area contributed by atoms with Gasteiger partial charge < -0.3 is 94.0 Å². The Labute approximate surface area is 814 Å². The number of hydrogen-bond acceptors (Lipinski definition) is 21. The van der Waals surface area contributed by atoms with Crippen LogP contribution >= 0.6 is 23.2 Å². The van der Waals surface area contributed by atoms with E-state index in [9.17, 15) is 86.3 Å². The molecule has 3 heterocycles. The molecule has 15 amide bonds. The predicted molar refractivity (Wildman–Crippen MR) is 508 cm³/mol. The van der Waals surface area contributed by atoms with Gasteiger partial charge in [0, 0.05) is 31.5 Å². The van der Waals surface area contributed by atoms with Crippen LogP contribution in [0.25, 0.3) is 0 Å². The topological polar surface area (TPSA) is 531 Å². The first-order valence-corrected chi connectivity index (χ1v) is 49.3. The van der Waals surface area contributed by atoms with Crippen LogP contribution in [0.3, 0.4) is 0 Å². The van der Waals surface area contributed by atoms with Crippen molar-refractivity contribution in [2.45, 2.75) is 336 Å². The number of nitrogens with two attached hydrogens (primary N) is 3. The van der Waals surface area contributed by atoms with E-state index >= 15 is 0 Å². The molecule has 36 nitrogen and oxygen atoms in total. The monoisotopic (exact) mass is 1950 g/mol. The number of esters is 3. The molecule has 8 aliphatic carbocycles. The van der Waals surface area contributed by atoms with E-state index in [4.69, 9.17) is 54.6 Å². The van der Waals surface area contributed by atoms with Crippen LogP contribution in [-0.4, -0.2) is 235 Å². The number of ether oxygens (including phenoxy) is 3. The number of amides is 15. The minimum atomic E-state index is -1.24. The molecule has 3 unspecified atom stereocenters. The molecule has 0 bridgehead atoms. The molecule has 3 aliphatic heterocycles. The number of urea groups is 3. The fourth-order valence-electron chi connectivity index (χ4n) is 20.7. The van der Waals surface area contributed by atoms with Gasteiger partial charge in [0.1, 0.15) is 76.5 Å². The fraction of sp³-hybridized carbons (Fsp3) is 0.737. The number of primary amides is 3. The molecule has 7 saturated carbocycles. The molecular weight excluding hydrogens is 1810 g/mol. The average molecular weight is 1960 g/mol. The van der Waals surface area contributed by atoms with E-state index < -0.39 is 217 Å². The summed E-state index contributed by atoms with van der Waals surface area (Å²) in [5.41, 5.74) is 13.9. The number of carbonyl (C=O) groups excluding carboxylic acids is 18. The summed E-state index contributed by atoms with van der Waals surface area (Å²) < 4.78 is 15.1. The van der Waals surface area contributed by atoms with E-state index in [2.05, 4.69) is 68.3 Å². The van der Waals surface area contributed by atoms with Crippen molar-refractivity contribution in [3.05, 3.63) is 48.0 Å². The third-order valence-electron chi connectivity index (χ3n) is 29.1. The van der Waals surface area contributed by atoms with Crippen molar-refractivity contribution in [2.24, 2.45) is 115 Å². The minimum Gasteiger partial charge on any atom is -0.460 e. The summed E-state index contributed by atoms with van der Waals surface area (Å²) in [7, 11) is 0. The first-order chi connectivity index (χ1) is 63.3. The Morgan fingerprint density at radius 2 is 0.759 bits per heavy atom. The molecule has 15 N–H and O–H groups in total. The fourth-order valence-corrected chi connectivity index (χ4v) is 21.5. The number of rotatable bonds is 35. The molecule has 11 aliphatic rings. The number of alkyl halides is 2. The van der Waals surface area contributed by atoms with Gasteiger partial charge >= 0.3 is 36.0 Å². The number of likely N-dealkylation sites (tertiary alicyclic amines) is 3. The smallest absolute Gasteiger partial charge is 0.329 e. The zero-order chi connectivity index (χ0) is 102. The highest BCUT2D eigenvalue weighted by atomic mass is 35.5.